The quantitative estimate of drug-likeness (QED) is 0.900. The molecule has 4 nitrogen and oxygen atoms in total. The maximum atomic E-state index is 12.1. The monoisotopic (exact) mass is 282 g/mol. The van der Waals surface area contributed by atoms with Crippen molar-refractivity contribution in [3.63, 3.8) is 0 Å². The van der Waals surface area contributed by atoms with Crippen molar-refractivity contribution in [3.05, 3.63) is 35.4 Å². The number of rotatable bonds is 5. The smallest absolute Gasteiger partial charge is 0.335 e. The lowest BCUT2D eigenvalue weighted by atomic mass is 10.1. The SMILES string of the molecule is O=C(O)c1ccc(CS(=O)(=O)CC2CCCC2)cc1. The third-order valence-electron chi connectivity index (χ3n) is 3.55. The minimum absolute atomic E-state index is 0.00337. The molecular weight excluding hydrogens is 264 g/mol. The summed E-state index contributed by atoms with van der Waals surface area (Å²) in [6.07, 6.45) is 4.29. The van der Waals surface area contributed by atoms with Crippen molar-refractivity contribution < 1.29 is 18.3 Å². The molecule has 0 radical (unpaired) electrons. The summed E-state index contributed by atoms with van der Waals surface area (Å²) >= 11 is 0. The highest BCUT2D eigenvalue weighted by molar-refractivity contribution is 7.90. The van der Waals surface area contributed by atoms with E-state index in [9.17, 15) is 13.2 Å². The predicted molar refractivity (Wildman–Crippen MR) is 72.9 cm³/mol. The minimum atomic E-state index is -3.10. The molecule has 0 atom stereocenters. The van der Waals surface area contributed by atoms with Crippen LogP contribution in [0, 0.1) is 5.92 Å². The first-order valence-corrected chi connectivity index (χ1v) is 8.31. The van der Waals surface area contributed by atoms with E-state index in [0.717, 1.165) is 25.7 Å². The first kappa shape index (κ1) is 14.1. The fourth-order valence-electron chi connectivity index (χ4n) is 2.59. The summed E-state index contributed by atoms with van der Waals surface area (Å²) < 4.78 is 24.1. The zero-order valence-electron chi connectivity index (χ0n) is 10.7. The molecule has 0 heterocycles. The van der Waals surface area contributed by atoms with Crippen LogP contribution < -0.4 is 0 Å². The normalized spacial score (nSPS) is 16.6. The Morgan fingerprint density at radius 3 is 2.26 bits per heavy atom. The molecule has 1 aromatic carbocycles. The molecule has 0 unspecified atom stereocenters. The third-order valence-corrected chi connectivity index (χ3v) is 5.30. The lowest BCUT2D eigenvalue weighted by molar-refractivity contribution is 0.0697. The van der Waals surface area contributed by atoms with Gasteiger partial charge >= 0.3 is 5.97 Å². The topological polar surface area (TPSA) is 71.4 Å². The summed E-state index contributed by atoms with van der Waals surface area (Å²) in [7, 11) is -3.10. The molecule has 1 N–H and O–H groups in total. The molecular formula is C14H18O4S. The van der Waals surface area contributed by atoms with Gasteiger partial charge in [-0.2, -0.15) is 0 Å². The average Bonchev–Trinajstić information content (AvgIpc) is 2.81. The van der Waals surface area contributed by atoms with Gasteiger partial charge in [-0.25, -0.2) is 13.2 Å². The average molecular weight is 282 g/mol. The molecule has 1 aromatic rings. The largest absolute Gasteiger partial charge is 0.478 e. The van der Waals surface area contributed by atoms with Crippen molar-refractivity contribution in [2.75, 3.05) is 5.75 Å². The molecule has 5 heteroatoms. The van der Waals surface area contributed by atoms with Crippen LogP contribution in [0.3, 0.4) is 0 Å². The highest BCUT2D eigenvalue weighted by Crippen LogP contribution is 2.26. The van der Waals surface area contributed by atoms with Gasteiger partial charge in [0.25, 0.3) is 0 Å². The van der Waals surface area contributed by atoms with Crippen LogP contribution in [0.25, 0.3) is 0 Å². The number of carboxylic acids is 1. The minimum Gasteiger partial charge on any atom is -0.478 e. The lowest BCUT2D eigenvalue weighted by Gasteiger charge is -2.10. The summed E-state index contributed by atoms with van der Waals surface area (Å²) in [4.78, 5) is 10.7. The van der Waals surface area contributed by atoms with Gasteiger partial charge in [-0.3, -0.25) is 0 Å². The number of hydrogen-bond acceptors (Lipinski definition) is 3. The van der Waals surface area contributed by atoms with Gasteiger partial charge in [0.2, 0.25) is 0 Å². The Labute approximate surface area is 113 Å². The number of hydrogen-bond donors (Lipinski definition) is 1. The predicted octanol–water partition coefficient (Wildman–Crippen LogP) is 2.49. The van der Waals surface area contributed by atoms with Crippen LogP contribution in [0.4, 0.5) is 0 Å². The highest BCUT2D eigenvalue weighted by Gasteiger charge is 2.22. The number of aromatic carboxylic acids is 1. The Hall–Kier alpha value is -1.36. The summed E-state index contributed by atoms with van der Waals surface area (Å²) in [5.74, 6) is -0.430. The Balaban J connectivity index is 2.00. The van der Waals surface area contributed by atoms with Gasteiger partial charge < -0.3 is 5.11 Å². The third kappa shape index (κ3) is 4.06. The van der Waals surface area contributed by atoms with E-state index in [1.807, 2.05) is 0 Å². The summed E-state index contributed by atoms with van der Waals surface area (Å²) in [6.45, 7) is 0. The Bertz CT molecular complexity index is 539. The van der Waals surface area contributed by atoms with E-state index in [4.69, 9.17) is 5.11 Å². The second kappa shape index (κ2) is 5.74. The van der Waals surface area contributed by atoms with E-state index in [2.05, 4.69) is 0 Å². The second-order valence-electron chi connectivity index (χ2n) is 5.21. The maximum absolute atomic E-state index is 12.1. The van der Waals surface area contributed by atoms with E-state index in [0.29, 0.717) is 11.5 Å². The summed E-state index contributed by atoms with van der Waals surface area (Å²) in [5, 5.41) is 8.78. The molecule has 2 rings (SSSR count). The fraction of sp³-hybridized carbons (Fsp3) is 0.500. The second-order valence-corrected chi connectivity index (χ2v) is 7.32. The molecule has 1 saturated carbocycles. The number of carbonyl (C=O) groups is 1. The van der Waals surface area contributed by atoms with E-state index in [1.54, 1.807) is 12.1 Å². The number of sulfone groups is 1. The zero-order chi connectivity index (χ0) is 13.9. The molecule has 1 aliphatic rings. The standard InChI is InChI=1S/C14H18O4S/c15-14(16)13-7-5-12(6-8-13)10-19(17,18)9-11-3-1-2-4-11/h5-8,11H,1-4,9-10H2,(H,15,16). The van der Waals surface area contributed by atoms with Gasteiger partial charge in [-0.15, -0.1) is 0 Å². The van der Waals surface area contributed by atoms with E-state index in [-0.39, 0.29) is 17.1 Å². The molecule has 104 valence electrons. The maximum Gasteiger partial charge on any atom is 0.335 e. The Kier molecular flexibility index (Phi) is 4.24. The zero-order valence-corrected chi connectivity index (χ0v) is 11.5. The number of carboxylic acid groups (broad SMARTS) is 1. The van der Waals surface area contributed by atoms with Crippen LogP contribution in [-0.2, 0) is 15.6 Å². The summed E-state index contributed by atoms with van der Waals surface area (Å²) in [6, 6.07) is 6.05. The van der Waals surface area contributed by atoms with Gasteiger partial charge in [0.05, 0.1) is 17.1 Å². The lowest BCUT2D eigenvalue weighted by Crippen LogP contribution is -2.15. The van der Waals surface area contributed by atoms with Crippen molar-refractivity contribution >= 4 is 15.8 Å². The molecule has 19 heavy (non-hydrogen) atoms. The van der Waals surface area contributed by atoms with E-state index >= 15 is 0 Å². The van der Waals surface area contributed by atoms with Crippen LogP contribution in [0.5, 0.6) is 0 Å². The van der Waals surface area contributed by atoms with Gasteiger partial charge in [0, 0.05) is 0 Å². The molecule has 0 saturated heterocycles. The molecule has 1 aliphatic carbocycles. The molecule has 0 spiro atoms. The van der Waals surface area contributed by atoms with Crippen LogP contribution in [-0.4, -0.2) is 25.2 Å². The van der Waals surface area contributed by atoms with Crippen molar-refractivity contribution in [3.8, 4) is 0 Å². The first-order valence-electron chi connectivity index (χ1n) is 6.49. The molecule has 0 aromatic heterocycles. The van der Waals surface area contributed by atoms with Crippen molar-refractivity contribution in [1.82, 2.24) is 0 Å². The van der Waals surface area contributed by atoms with Crippen LogP contribution in [0.1, 0.15) is 41.6 Å². The van der Waals surface area contributed by atoms with Gasteiger partial charge in [-0.1, -0.05) is 25.0 Å². The van der Waals surface area contributed by atoms with Crippen molar-refractivity contribution in [2.24, 2.45) is 5.92 Å². The van der Waals surface area contributed by atoms with Crippen LogP contribution in [0.15, 0.2) is 24.3 Å². The summed E-state index contributed by atoms with van der Waals surface area (Å²) in [5.41, 5.74) is 0.833. The highest BCUT2D eigenvalue weighted by atomic mass is 32.2. The van der Waals surface area contributed by atoms with Crippen LogP contribution in [0.2, 0.25) is 0 Å². The van der Waals surface area contributed by atoms with Gasteiger partial charge in [0.1, 0.15) is 0 Å². The van der Waals surface area contributed by atoms with Crippen molar-refractivity contribution in [1.29, 1.82) is 0 Å². The molecule has 1 fully saturated rings. The van der Waals surface area contributed by atoms with Crippen molar-refractivity contribution in [2.45, 2.75) is 31.4 Å². The van der Waals surface area contributed by atoms with E-state index < -0.39 is 15.8 Å². The molecule has 0 bridgehead atoms. The number of benzene rings is 1. The Morgan fingerprint density at radius 2 is 1.74 bits per heavy atom. The van der Waals surface area contributed by atoms with Gasteiger partial charge in [0.15, 0.2) is 9.84 Å². The first-order chi connectivity index (χ1) is 8.96. The fourth-order valence-corrected chi connectivity index (χ4v) is 4.46. The van der Waals surface area contributed by atoms with Gasteiger partial charge in [-0.05, 0) is 36.5 Å². The van der Waals surface area contributed by atoms with E-state index in [1.165, 1.54) is 12.1 Å². The molecule has 0 amide bonds. The Morgan fingerprint density at radius 1 is 1.16 bits per heavy atom. The van der Waals surface area contributed by atoms with Crippen LogP contribution >= 0.6 is 0 Å². The molecule has 0 aliphatic heterocycles.